The molecule has 0 saturated heterocycles. The predicted octanol–water partition coefficient (Wildman–Crippen LogP) is 7.71. The van der Waals surface area contributed by atoms with Crippen molar-refractivity contribution in [1.82, 2.24) is 10.6 Å². The Morgan fingerprint density at radius 1 is 0.750 bits per heavy atom. The highest BCUT2D eigenvalue weighted by molar-refractivity contribution is 6.09. The molecule has 44 heavy (non-hydrogen) atoms. The topological polar surface area (TPSA) is 87.3 Å². The van der Waals surface area contributed by atoms with E-state index in [1.165, 1.54) is 12.1 Å². The van der Waals surface area contributed by atoms with Crippen LogP contribution in [0.1, 0.15) is 70.1 Å². The first kappa shape index (κ1) is 32.0. The van der Waals surface area contributed by atoms with Gasteiger partial charge < -0.3 is 16.0 Å². The number of alkyl halides is 3. The molecule has 3 N–H and O–H groups in total. The molecule has 6 nitrogen and oxygen atoms in total. The van der Waals surface area contributed by atoms with Crippen LogP contribution in [0, 0.1) is 6.92 Å². The summed E-state index contributed by atoms with van der Waals surface area (Å²) in [4.78, 5) is 39.8. The first-order valence-electron chi connectivity index (χ1n) is 14.4. The molecule has 0 radical (unpaired) electrons. The molecular formula is C35H34F3N3O3. The molecule has 228 valence electrons. The lowest BCUT2D eigenvalue weighted by Crippen LogP contribution is -2.44. The van der Waals surface area contributed by atoms with E-state index in [0.29, 0.717) is 33.5 Å². The molecular weight excluding hydrogens is 567 g/mol. The lowest BCUT2D eigenvalue weighted by atomic mass is 9.98. The minimum absolute atomic E-state index is 0.0138. The molecule has 0 unspecified atom stereocenters. The average molecular weight is 602 g/mol. The van der Waals surface area contributed by atoms with Crippen molar-refractivity contribution in [3.8, 4) is 11.1 Å². The molecule has 0 bridgehead atoms. The zero-order chi connectivity index (χ0) is 31.9. The van der Waals surface area contributed by atoms with Gasteiger partial charge in [0.25, 0.3) is 11.8 Å². The van der Waals surface area contributed by atoms with E-state index in [-0.39, 0.29) is 17.5 Å². The number of carbonyl (C=O) groups is 3. The van der Waals surface area contributed by atoms with E-state index < -0.39 is 29.6 Å². The molecule has 0 saturated carbocycles. The molecule has 4 aromatic carbocycles. The van der Waals surface area contributed by atoms with Gasteiger partial charge in [-0.1, -0.05) is 74.5 Å². The largest absolute Gasteiger partial charge is 0.416 e. The van der Waals surface area contributed by atoms with Gasteiger partial charge in [0.2, 0.25) is 5.91 Å². The summed E-state index contributed by atoms with van der Waals surface area (Å²) in [6.45, 7) is 5.71. The molecule has 0 aliphatic heterocycles. The Balaban J connectivity index is 1.52. The Labute approximate surface area is 254 Å². The van der Waals surface area contributed by atoms with Gasteiger partial charge in [0.15, 0.2) is 0 Å². The Kier molecular flexibility index (Phi) is 10.2. The SMILES string of the molecule is CCC(CC)NC(=O)[C@@H](NC(=O)c1ccc(NC(=O)c2ccccc2-c2ccc(C(F)(F)F)cc2)c(C)c1)c1ccccc1. The molecule has 0 fully saturated rings. The fraction of sp³-hybridized carbons (Fsp3) is 0.229. The zero-order valence-electron chi connectivity index (χ0n) is 24.7. The fourth-order valence-corrected chi connectivity index (χ4v) is 4.84. The Morgan fingerprint density at radius 2 is 1.39 bits per heavy atom. The molecule has 0 aromatic heterocycles. The van der Waals surface area contributed by atoms with Crippen LogP contribution in [0.25, 0.3) is 11.1 Å². The lowest BCUT2D eigenvalue weighted by molar-refractivity contribution is -0.137. The summed E-state index contributed by atoms with van der Waals surface area (Å²) in [7, 11) is 0. The molecule has 0 heterocycles. The number of anilines is 1. The van der Waals surface area contributed by atoms with Crippen molar-refractivity contribution >= 4 is 23.4 Å². The molecule has 9 heteroatoms. The Hall–Kier alpha value is -4.92. The smallest absolute Gasteiger partial charge is 0.351 e. The van der Waals surface area contributed by atoms with E-state index in [4.69, 9.17) is 0 Å². The van der Waals surface area contributed by atoms with Gasteiger partial charge in [-0.15, -0.1) is 0 Å². The van der Waals surface area contributed by atoms with Gasteiger partial charge in [-0.05, 0) is 78.4 Å². The van der Waals surface area contributed by atoms with E-state index >= 15 is 0 Å². The number of hydrogen-bond acceptors (Lipinski definition) is 3. The van der Waals surface area contributed by atoms with E-state index in [1.54, 1.807) is 73.7 Å². The highest BCUT2D eigenvalue weighted by atomic mass is 19.4. The van der Waals surface area contributed by atoms with Crippen molar-refractivity contribution in [3.63, 3.8) is 0 Å². The van der Waals surface area contributed by atoms with Crippen LogP contribution in [0.4, 0.5) is 18.9 Å². The van der Waals surface area contributed by atoms with Crippen LogP contribution in [0.2, 0.25) is 0 Å². The maximum Gasteiger partial charge on any atom is 0.416 e. The summed E-state index contributed by atoms with van der Waals surface area (Å²) < 4.78 is 39.1. The molecule has 0 aliphatic rings. The van der Waals surface area contributed by atoms with Crippen molar-refractivity contribution in [3.05, 3.63) is 125 Å². The van der Waals surface area contributed by atoms with Crippen molar-refractivity contribution < 1.29 is 27.6 Å². The number of benzene rings is 4. The van der Waals surface area contributed by atoms with Gasteiger partial charge in [0, 0.05) is 22.9 Å². The summed E-state index contributed by atoms with van der Waals surface area (Å²) in [5, 5.41) is 8.69. The predicted molar refractivity (Wildman–Crippen MR) is 165 cm³/mol. The van der Waals surface area contributed by atoms with Crippen LogP contribution in [-0.4, -0.2) is 23.8 Å². The second-order valence-corrected chi connectivity index (χ2v) is 10.4. The highest BCUT2D eigenvalue weighted by Gasteiger charge is 2.30. The van der Waals surface area contributed by atoms with Crippen molar-refractivity contribution in [2.75, 3.05) is 5.32 Å². The standard InChI is InChI=1S/C35H34F3N3O3/c1-4-27(5-2)39-34(44)31(24-11-7-6-8-12-24)41-32(42)25-17-20-30(22(3)21-25)40-33(43)29-14-10-9-13-28(29)23-15-18-26(19-16-23)35(36,37)38/h6-21,27,31H,4-5H2,1-3H3,(H,39,44)(H,40,43)(H,41,42)/t31-/m0/s1. The minimum Gasteiger partial charge on any atom is -0.351 e. The van der Waals surface area contributed by atoms with Crippen LogP contribution in [0.5, 0.6) is 0 Å². The van der Waals surface area contributed by atoms with Crippen LogP contribution >= 0.6 is 0 Å². The lowest BCUT2D eigenvalue weighted by Gasteiger charge is -2.22. The fourth-order valence-electron chi connectivity index (χ4n) is 4.84. The number of amides is 3. The van der Waals surface area contributed by atoms with Crippen LogP contribution in [-0.2, 0) is 11.0 Å². The monoisotopic (exact) mass is 601 g/mol. The molecule has 0 aliphatic carbocycles. The number of rotatable bonds is 10. The van der Waals surface area contributed by atoms with Gasteiger partial charge >= 0.3 is 6.18 Å². The third-order valence-electron chi connectivity index (χ3n) is 7.43. The number of nitrogens with one attached hydrogen (secondary N) is 3. The minimum atomic E-state index is -4.46. The maximum atomic E-state index is 13.3. The third-order valence-corrected chi connectivity index (χ3v) is 7.43. The summed E-state index contributed by atoms with van der Waals surface area (Å²) in [5.41, 5.74) is 2.47. The van der Waals surface area contributed by atoms with Gasteiger partial charge in [0.1, 0.15) is 6.04 Å². The maximum absolute atomic E-state index is 13.3. The normalized spacial score (nSPS) is 12.0. The Morgan fingerprint density at radius 3 is 2.00 bits per heavy atom. The summed E-state index contributed by atoms with van der Waals surface area (Å²) >= 11 is 0. The molecule has 1 atom stereocenters. The number of hydrogen-bond donors (Lipinski definition) is 3. The van der Waals surface area contributed by atoms with Crippen molar-refractivity contribution in [2.24, 2.45) is 0 Å². The number of carbonyl (C=O) groups excluding carboxylic acids is 3. The second kappa shape index (κ2) is 14.0. The molecule has 3 amide bonds. The summed E-state index contributed by atoms with van der Waals surface area (Å²) in [6.07, 6.45) is -2.93. The number of halogens is 3. The summed E-state index contributed by atoms with van der Waals surface area (Å²) in [6, 6.07) is 24.1. The van der Waals surface area contributed by atoms with E-state index in [0.717, 1.165) is 25.0 Å². The van der Waals surface area contributed by atoms with Gasteiger partial charge in [0.05, 0.1) is 5.56 Å². The molecule has 4 rings (SSSR count). The van der Waals surface area contributed by atoms with Gasteiger partial charge in [-0.25, -0.2) is 0 Å². The van der Waals surface area contributed by atoms with E-state index in [9.17, 15) is 27.6 Å². The van der Waals surface area contributed by atoms with Gasteiger partial charge in [-0.3, -0.25) is 14.4 Å². The Bertz CT molecular complexity index is 1620. The van der Waals surface area contributed by atoms with Crippen molar-refractivity contribution in [2.45, 2.75) is 51.9 Å². The zero-order valence-corrected chi connectivity index (χ0v) is 24.7. The van der Waals surface area contributed by atoms with Crippen LogP contribution < -0.4 is 16.0 Å². The molecule has 0 spiro atoms. The quantitative estimate of drug-likeness (QED) is 0.174. The number of aryl methyl sites for hydroxylation is 1. The second-order valence-electron chi connectivity index (χ2n) is 10.4. The van der Waals surface area contributed by atoms with Crippen molar-refractivity contribution in [1.29, 1.82) is 0 Å². The van der Waals surface area contributed by atoms with E-state index in [2.05, 4.69) is 16.0 Å². The first-order chi connectivity index (χ1) is 21.0. The first-order valence-corrected chi connectivity index (χ1v) is 14.4. The van der Waals surface area contributed by atoms with Gasteiger partial charge in [-0.2, -0.15) is 13.2 Å². The molecule has 4 aromatic rings. The van der Waals surface area contributed by atoms with Crippen LogP contribution in [0.15, 0.2) is 97.1 Å². The highest BCUT2D eigenvalue weighted by Crippen LogP contribution is 2.32. The summed E-state index contributed by atoms with van der Waals surface area (Å²) in [5.74, 6) is -1.21. The van der Waals surface area contributed by atoms with Crippen LogP contribution in [0.3, 0.4) is 0 Å². The average Bonchev–Trinajstić information content (AvgIpc) is 3.03. The van der Waals surface area contributed by atoms with E-state index in [1.807, 2.05) is 19.9 Å². The third kappa shape index (κ3) is 7.72.